The highest BCUT2D eigenvalue weighted by Crippen LogP contribution is 2.29. The molecule has 2 fully saturated rings. The van der Waals surface area contributed by atoms with Crippen molar-refractivity contribution in [2.24, 2.45) is 11.8 Å². The van der Waals surface area contributed by atoms with Crippen molar-refractivity contribution in [1.29, 1.82) is 0 Å². The summed E-state index contributed by atoms with van der Waals surface area (Å²) in [6.07, 6.45) is 3.22. The highest BCUT2D eigenvalue weighted by Gasteiger charge is 2.34. The number of nitrogens with one attached hydrogen (secondary N) is 1. The van der Waals surface area contributed by atoms with Gasteiger partial charge in [-0.05, 0) is 43.5 Å². The Balaban J connectivity index is 1.48. The van der Waals surface area contributed by atoms with Gasteiger partial charge in [0.25, 0.3) is 0 Å². The first-order valence-electron chi connectivity index (χ1n) is 8.27. The first-order chi connectivity index (χ1) is 11.2. The van der Waals surface area contributed by atoms with Crippen LogP contribution < -0.4 is 10.1 Å². The van der Waals surface area contributed by atoms with E-state index in [0.29, 0.717) is 12.3 Å². The fourth-order valence-corrected chi connectivity index (χ4v) is 3.86. The third kappa shape index (κ3) is 2.70. The lowest BCUT2D eigenvalue weighted by atomic mass is 9.88. The number of carbonyl (C=O) groups is 1. The van der Waals surface area contributed by atoms with Gasteiger partial charge in [0.05, 0.1) is 19.8 Å². The van der Waals surface area contributed by atoms with Crippen LogP contribution in [0.15, 0.2) is 28.9 Å². The summed E-state index contributed by atoms with van der Waals surface area (Å²) in [5.74, 6) is 2.34. The largest absolute Gasteiger partial charge is 0.497 e. The van der Waals surface area contributed by atoms with Crippen LogP contribution >= 0.6 is 0 Å². The molecule has 5 heteroatoms. The monoisotopic (exact) mass is 314 g/mol. The maximum Gasteiger partial charge on any atom is 0.227 e. The summed E-state index contributed by atoms with van der Waals surface area (Å²) < 4.78 is 10.8. The highest BCUT2D eigenvalue weighted by atomic mass is 16.5. The molecule has 1 N–H and O–H groups in total. The lowest BCUT2D eigenvalue weighted by Gasteiger charge is -2.34. The molecule has 23 heavy (non-hydrogen) atoms. The van der Waals surface area contributed by atoms with Crippen LogP contribution in [0.1, 0.15) is 12.0 Å². The van der Waals surface area contributed by atoms with E-state index < -0.39 is 0 Å². The summed E-state index contributed by atoms with van der Waals surface area (Å²) in [7, 11) is 1.63. The number of carbonyl (C=O) groups excluding carboxylic acids is 1. The van der Waals surface area contributed by atoms with Gasteiger partial charge in [-0.1, -0.05) is 0 Å². The molecule has 1 aromatic heterocycles. The molecule has 122 valence electrons. The molecule has 2 atom stereocenters. The van der Waals surface area contributed by atoms with Gasteiger partial charge < -0.3 is 19.4 Å². The minimum absolute atomic E-state index is 0.203. The molecule has 0 saturated carbocycles. The fourth-order valence-electron chi connectivity index (χ4n) is 3.86. The maximum absolute atomic E-state index is 12.7. The van der Waals surface area contributed by atoms with E-state index in [9.17, 15) is 4.79 Å². The number of amides is 1. The van der Waals surface area contributed by atoms with Gasteiger partial charge in [0.1, 0.15) is 11.3 Å². The summed E-state index contributed by atoms with van der Waals surface area (Å²) >= 11 is 0. The van der Waals surface area contributed by atoms with Gasteiger partial charge in [-0.2, -0.15) is 0 Å². The Kier molecular flexibility index (Phi) is 3.73. The van der Waals surface area contributed by atoms with Crippen molar-refractivity contribution in [1.82, 2.24) is 10.2 Å². The summed E-state index contributed by atoms with van der Waals surface area (Å²) in [5, 5.41) is 4.44. The van der Waals surface area contributed by atoms with E-state index in [1.54, 1.807) is 13.4 Å². The first kappa shape index (κ1) is 14.6. The smallest absolute Gasteiger partial charge is 0.227 e. The molecule has 3 heterocycles. The van der Waals surface area contributed by atoms with Gasteiger partial charge in [0.2, 0.25) is 5.91 Å². The Hall–Kier alpha value is -2.01. The van der Waals surface area contributed by atoms with Gasteiger partial charge in [0, 0.05) is 30.1 Å². The Morgan fingerprint density at radius 3 is 3.13 bits per heavy atom. The van der Waals surface area contributed by atoms with Crippen LogP contribution in [0.25, 0.3) is 11.0 Å². The summed E-state index contributed by atoms with van der Waals surface area (Å²) in [6, 6.07) is 5.73. The molecule has 0 bridgehead atoms. The van der Waals surface area contributed by atoms with Crippen molar-refractivity contribution in [3.05, 3.63) is 30.0 Å². The molecule has 0 radical (unpaired) electrons. The minimum Gasteiger partial charge on any atom is -0.497 e. The summed E-state index contributed by atoms with van der Waals surface area (Å²) in [5.41, 5.74) is 1.73. The number of likely N-dealkylation sites (tertiary alicyclic amines) is 1. The fraction of sp³-hybridized carbons (Fsp3) is 0.500. The van der Waals surface area contributed by atoms with E-state index in [1.165, 1.54) is 0 Å². The van der Waals surface area contributed by atoms with E-state index in [4.69, 9.17) is 9.15 Å². The van der Waals surface area contributed by atoms with Gasteiger partial charge >= 0.3 is 0 Å². The second-order valence-corrected chi connectivity index (χ2v) is 6.61. The zero-order valence-electron chi connectivity index (χ0n) is 13.4. The molecule has 0 spiro atoms. The van der Waals surface area contributed by atoms with Crippen molar-refractivity contribution >= 4 is 16.9 Å². The van der Waals surface area contributed by atoms with E-state index in [2.05, 4.69) is 5.32 Å². The average Bonchev–Trinajstić information content (AvgIpc) is 3.20. The number of benzene rings is 1. The second kappa shape index (κ2) is 5.89. The number of fused-ring (bicyclic) bond motifs is 2. The Morgan fingerprint density at radius 1 is 1.39 bits per heavy atom. The van der Waals surface area contributed by atoms with Crippen LogP contribution in [0, 0.1) is 11.8 Å². The molecule has 1 amide bonds. The average molecular weight is 314 g/mol. The molecule has 2 aromatic rings. The predicted octanol–water partition coefficient (Wildman–Crippen LogP) is 2.05. The number of hydrogen-bond acceptors (Lipinski definition) is 4. The molecular formula is C18H22N2O3. The Bertz CT molecular complexity index is 724. The van der Waals surface area contributed by atoms with Crippen LogP contribution in [0.4, 0.5) is 0 Å². The van der Waals surface area contributed by atoms with Gasteiger partial charge in [-0.25, -0.2) is 0 Å². The number of furan rings is 1. The summed E-state index contributed by atoms with van der Waals surface area (Å²) in [6.45, 7) is 3.93. The summed E-state index contributed by atoms with van der Waals surface area (Å²) in [4.78, 5) is 14.7. The zero-order valence-corrected chi connectivity index (χ0v) is 13.4. The molecule has 1 aromatic carbocycles. The molecule has 0 aliphatic carbocycles. The number of piperidine rings is 1. The van der Waals surface area contributed by atoms with E-state index in [0.717, 1.165) is 60.8 Å². The van der Waals surface area contributed by atoms with Crippen molar-refractivity contribution in [3.63, 3.8) is 0 Å². The first-order valence-corrected chi connectivity index (χ1v) is 8.27. The highest BCUT2D eigenvalue weighted by molar-refractivity contribution is 5.88. The van der Waals surface area contributed by atoms with Crippen molar-refractivity contribution < 1.29 is 13.9 Å². The van der Waals surface area contributed by atoms with Crippen molar-refractivity contribution in [2.45, 2.75) is 12.8 Å². The standard InChI is InChI=1S/C18H22N2O3/c1-22-15-2-3-16-13(11-23-17(16)7-15)6-18(21)20-5-4-12-8-19-9-14(12)10-20/h2-3,7,11-12,14,19H,4-6,8-10H2,1H3/t12-,14+/m0/s1. The van der Waals surface area contributed by atoms with Crippen LogP contribution in [-0.2, 0) is 11.2 Å². The number of ether oxygens (including phenoxy) is 1. The molecule has 2 aliphatic rings. The molecule has 2 saturated heterocycles. The van der Waals surface area contributed by atoms with Gasteiger partial charge in [0.15, 0.2) is 0 Å². The molecule has 4 rings (SSSR count). The SMILES string of the molecule is COc1ccc2c(CC(=O)N3CC[C@H]4CNC[C@@H]4C3)coc2c1. The lowest BCUT2D eigenvalue weighted by molar-refractivity contribution is -0.132. The van der Waals surface area contributed by atoms with E-state index in [1.807, 2.05) is 23.1 Å². The number of rotatable bonds is 3. The molecule has 0 unspecified atom stereocenters. The van der Waals surface area contributed by atoms with Crippen molar-refractivity contribution in [2.75, 3.05) is 33.3 Å². The van der Waals surface area contributed by atoms with Crippen LogP contribution in [0.5, 0.6) is 5.75 Å². The predicted molar refractivity (Wildman–Crippen MR) is 87.5 cm³/mol. The topological polar surface area (TPSA) is 54.7 Å². The van der Waals surface area contributed by atoms with Crippen molar-refractivity contribution in [3.8, 4) is 5.75 Å². The number of nitrogens with zero attached hydrogens (tertiary/aromatic N) is 1. The van der Waals surface area contributed by atoms with E-state index in [-0.39, 0.29) is 5.91 Å². The molecule has 2 aliphatic heterocycles. The van der Waals surface area contributed by atoms with Gasteiger partial charge in [-0.15, -0.1) is 0 Å². The lowest BCUT2D eigenvalue weighted by Crippen LogP contribution is -2.44. The van der Waals surface area contributed by atoms with Crippen LogP contribution in [0.3, 0.4) is 0 Å². The normalized spacial score (nSPS) is 24.0. The number of hydrogen-bond donors (Lipinski definition) is 1. The van der Waals surface area contributed by atoms with Crippen LogP contribution in [-0.4, -0.2) is 44.1 Å². The Labute approximate surface area is 135 Å². The third-order valence-electron chi connectivity index (χ3n) is 5.26. The van der Waals surface area contributed by atoms with Crippen LogP contribution in [0.2, 0.25) is 0 Å². The third-order valence-corrected chi connectivity index (χ3v) is 5.26. The molecule has 5 nitrogen and oxygen atoms in total. The van der Waals surface area contributed by atoms with Gasteiger partial charge in [-0.3, -0.25) is 4.79 Å². The molecular weight excluding hydrogens is 292 g/mol. The Morgan fingerprint density at radius 2 is 2.26 bits per heavy atom. The minimum atomic E-state index is 0.203. The number of methoxy groups -OCH3 is 1. The quantitative estimate of drug-likeness (QED) is 0.942. The maximum atomic E-state index is 12.7. The second-order valence-electron chi connectivity index (χ2n) is 6.61. The zero-order chi connectivity index (χ0) is 15.8. The van der Waals surface area contributed by atoms with E-state index >= 15 is 0 Å².